The van der Waals surface area contributed by atoms with Gasteiger partial charge in [0.05, 0.1) is 11.6 Å². The number of pyridine rings is 1. The normalized spacial score (nSPS) is 16.7. The number of hydrogen-bond acceptors (Lipinski definition) is 3. The van der Waals surface area contributed by atoms with Gasteiger partial charge >= 0.3 is 6.18 Å². The minimum absolute atomic E-state index is 0.0879. The molecule has 0 radical (unpaired) electrons. The van der Waals surface area contributed by atoms with Gasteiger partial charge in [-0.25, -0.2) is 0 Å². The molecule has 0 bridgehead atoms. The summed E-state index contributed by atoms with van der Waals surface area (Å²) in [5, 5.41) is 11.7. The van der Waals surface area contributed by atoms with Crippen LogP contribution in [0.15, 0.2) is 54.7 Å². The van der Waals surface area contributed by atoms with Gasteiger partial charge in [0, 0.05) is 17.1 Å². The van der Waals surface area contributed by atoms with Crippen LogP contribution >= 0.6 is 0 Å². The molecule has 2 heterocycles. The van der Waals surface area contributed by atoms with E-state index in [1.54, 1.807) is 12.3 Å². The van der Waals surface area contributed by atoms with Crippen molar-refractivity contribution in [2.45, 2.75) is 25.1 Å². The van der Waals surface area contributed by atoms with Gasteiger partial charge in [-0.15, -0.1) is 0 Å². The van der Waals surface area contributed by atoms with E-state index < -0.39 is 11.7 Å². The van der Waals surface area contributed by atoms with E-state index in [-0.39, 0.29) is 11.8 Å². The Labute approximate surface area is 155 Å². The average molecular weight is 372 g/mol. The Bertz CT molecular complexity index is 948. The zero-order chi connectivity index (χ0) is 19.0. The molecule has 1 aliphatic rings. The molecule has 140 valence electrons. The highest BCUT2D eigenvalue weighted by atomic mass is 19.4. The molecule has 1 atom stereocenters. The largest absolute Gasteiger partial charge is 0.505 e. The summed E-state index contributed by atoms with van der Waals surface area (Å²) in [7, 11) is 0. The summed E-state index contributed by atoms with van der Waals surface area (Å²) in [4.78, 5) is 6.47. The molecule has 3 aromatic rings. The van der Waals surface area contributed by atoms with Gasteiger partial charge in [-0.1, -0.05) is 30.3 Å². The van der Waals surface area contributed by atoms with Gasteiger partial charge in [0.2, 0.25) is 0 Å². The standard InChI is InChI=1S/C21H19F3N2O/c22-21(23,24)16-8-5-15(6-9-16)19(26-12-1-2-13-26)17-10-7-14-4-3-11-25-18(14)20(17)27/h3-11,19,27H,1-2,12-13H2. The maximum Gasteiger partial charge on any atom is 0.416 e. The molecule has 1 aliphatic heterocycles. The fourth-order valence-corrected chi connectivity index (χ4v) is 3.81. The topological polar surface area (TPSA) is 36.4 Å². The summed E-state index contributed by atoms with van der Waals surface area (Å²) in [6.07, 6.45) is -0.682. The predicted molar refractivity (Wildman–Crippen MR) is 97.5 cm³/mol. The number of likely N-dealkylation sites (tertiary alicyclic amines) is 1. The van der Waals surface area contributed by atoms with Gasteiger partial charge in [0.25, 0.3) is 0 Å². The number of alkyl halides is 3. The van der Waals surface area contributed by atoms with Crippen LogP contribution in [0, 0.1) is 0 Å². The van der Waals surface area contributed by atoms with Crippen molar-refractivity contribution in [1.82, 2.24) is 9.88 Å². The number of halogens is 3. The lowest BCUT2D eigenvalue weighted by Crippen LogP contribution is -2.26. The van der Waals surface area contributed by atoms with Crippen LogP contribution in [-0.4, -0.2) is 28.1 Å². The molecule has 1 fully saturated rings. The third-order valence-electron chi connectivity index (χ3n) is 5.13. The number of phenols is 1. The minimum atomic E-state index is -4.36. The van der Waals surface area contributed by atoms with Crippen LogP contribution in [0.2, 0.25) is 0 Å². The van der Waals surface area contributed by atoms with E-state index in [1.165, 1.54) is 12.1 Å². The molecule has 1 unspecified atom stereocenters. The maximum absolute atomic E-state index is 12.9. The van der Waals surface area contributed by atoms with Gasteiger partial charge in [0.1, 0.15) is 11.3 Å². The van der Waals surface area contributed by atoms with Crippen molar-refractivity contribution in [3.05, 3.63) is 71.4 Å². The number of rotatable bonds is 3. The lowest BCUT2D eigenvalue weighted by atomic mass is 9.94. The second-order valence-electron chi connectivity index (χ2n) is 6.84. The molecular formula is C21H19F3N2O. The van der Waals surface area contributed by atoms with Crippen LogP contribution < -0.4 is 0 Å². The van der Waals surface area contributed by atoms with E-state index in [9.17, 15) is 18.3 Å². The summed E-state index contributed by atoms with van der Waals surface area (Å²) in [6, 6.07) is 12.3. The minimum Gasteiger partial charge on any atom is -0.505 e. The predicted octanol–water partition coefficient (Wildman–Crippen LogP) is 5.14. The Balaban J connectivity index is 1.82. The number of aromatic nitrogens is 1. The number of fused-ring (bicyclic) bond motifs is 1. The van der Waals surface area contributed by atoms with Crippen LogP contribution in [-0.2, 0) is 6.18 Å². The van der Waals surface area contributed by atoms with Gasteiger partial charge in [-0.2, -0.15) is 13.2 Å². The quantitative estimate of drug-likeness (QED) is 0.691. The Morgan fingerprint density at radius 3 is 2.33 bits per heavy atom. The zero-order valence-corrected chi connectivity index (χ0v) is 14.6. The molecule has 0 amide bonds. The molecule has 6 heteroatoms. The molecule has 0 spiro atoms. The first-order valence-electron chi connectivity index (χ1n) is 8.93. The van der Waals surface area contributed by atoms with Crippen LogP contribution in [0.25, 0.3) is 10.9 Å². The first-order chi connectivity index (χ1) is 12.9. The average Bonchev–Trinajstić information content (AvgIpc) is 3.18. The molecule has 4 rings (SSSR count). The Kier molecular flexibility index (Phi) is 4.52. The highest BCUT2D eigenvalue weighted by Gasteiger charge is 2.32. The SMILES string of the molecule is Oc1c(C(c2ccc(C(F)(F)F)cc2)N2CCCC2)ccc2cccnc12. The van der Waals surface area contributed by atoms with E-state index in [1.807, 2.05) is 18.2 Å². The molecular weight excluding hydrogens is 353 g/mol. The Morgan fingerprint density at radius 2 is 1.67 bits per heavy atom. The van der Waals surface area contributed by atoms with E-state index >= 15 is 0 Å². The third kappa shape index (κ3) is 3.37. The van der Waals surface area contributed by atoms with Crippen LogP contribution in [0.4, 0.5) is 13.2 Å². The third-order valence-corrected chi connectivity index (χ3v) is 5.13. The lowest BCUT2D eigenvalue weighted by molar-refractivity contribution is -0.137. The van der Waals surface area contributed by atoms with E-state index in [4.69, 9.17) is 0 Å². The van der Waals surface area contributed by atoms with Crippen molar-refractivity contribution in [3.63, 3.8) is 0 Å². The lowest BCUT2D eigenvalue weighted by Gasteiger charge is -2.29. The second-order valence-corrected chi connectivity index (χ2v) is 6.84. The molecule has 1 N–H and O–H groups in total. The van der Waals surface area contributed by atoms with Gasteiger partial charge < -0.3 is 5.11 Å². The highest BCUT2D eigenvalue weighted by Crippen LogP contribution is 2.40. The van der Waals surface area contributed by atoms with E-state index in [0.29, 0.717) is 11.1 Å². The number of benzene rings is 2. The Morgan fingerprint density at radius 1 is 0.963 bits per heavy atom. The van der Waals surface area contributed by atoms with Crippen LogP contribution in [0.1, 0.15) is 35.6 Å². The molecule has 2 aromatic carbocycles. The zero-order valence-electron chi connectivity index (χ0n) is 14.6. The fraction of sp³-hybridized carbons (Fsp3) is 0.286. The first-order valence-corrected chi connectivity index (χ1v) is 8.93. The van der Waals surface area contributed by atoms with Crippen LogP contribution in [0.3, 0.4) is 0 Å². The smallest absolute Gasteiger partial charge is 0.416 e. The Hall–Kier alpha value is -2.60. The van der Waals surface area contributed by atoms with E-state index in [2.05, 4.69) is 9.88 Å². The van der Waals surface area contributed by atoms with Crippen molar-refractivity contribution in [1.29, 1.82) is 0 Å². The number of hydrogen-bond donors (Lipinski definition) is 1. The molecule has 0 aliphatic carbocycles. The van der Waals surface area contributed by atoms with Crippen LogP contribution in [0.5, 0.6) is 5.75 Å². The first kappa shape index (κ1) is 17.8. The number of nitrogens with zero attached hydrogens (tertiary/aromatic N) is 2. The molecule has 27 heavy (non-hydrogen) atoms. The van der Waals surface area contributed by atoms with Crippen molar-refractivity contribution in [2.24, 2.45) is 0 Å². The molecule has 1 saturated heterocycles. The summed E-state index contributed by atoms with van der Waals surface area (Å²) >= 11 is 0. The fourth-order valence-electron chi connectivity index (χ4n) is 3.81. The summed E-state index contributed by atoms with van der Waals surface area (Å²) in [6.45, 7) is 1.68. The summed E-state index contributed by atoms with van der Waals surface area (Å²) < 4.78 is 38.8. The van der Waals surface area contributed by atoms with Crippen molar-refractivity contribution >= 4 is 10.9 Å². The van der Waals surface area contributed by atoms with Gasteiger partial charge in [-0.05, 0) is 49.7 Å². The summed E-state index contributed by atoms with van der Waals surface area (Å²) in [5.41, 5.74) is 1.24. The molecule has 1 aromatic heterocycles. The molecule has 0 saturated carbocycles. The van der Waals surface area contributed by atoms with Crippen molar-refractivity contribution in [2.75, 3.05) is 13.1 Å². The van der Waals surface area contributed by atoms with Crippen molar-refractivity contribution < 1.29 is 18.3 Å². The highest BCUT2D eigenvalue weighted by molar-refractivity contribution is 5.85. The second kappa shape index (κ2) is 6.85. The van der Waals surface area contributed by atoms with Gasteiger partial charge in [0.15, 0.2) is 0 Å². The van der Waals surface area contributed by atoms with Gasteiger partial charge in [-0.3, -0.25) is 9.88 Å². The summed E-state index contributed by atoms with van der Waals surface area (Å²) in [5.74, 6) is 0.0879. The van der Waals surface area contributed by atoms with Crippen molar-refractivity contribution in [3.8, 4) is 5.75 Å². The molecule has 3 nitrogen and oxygen atoms in total. The monoisotopic (exact) mass is 372 g/mol. The van der Waals surface area contributed by atoms with E-state index in [0.717, 1.165) is 49.0 Å². The number of phenolic OH excluding ortho intramolecular Hbond substituents is 1. The number of aromatic hydroxyl groups is 1. The maximum atomic E-state index is 12.9.